The Kier molecular flexibility index (Phi) is 5.14. The van der Waals surface area contributed by atoms with E-state index in [2.05, 4.69) is 25.0 Å². The lowest BCUT2D eigenvalue weighted by Gasteiger charge is -2.40. The average Bonchev–Trinajstić information content (AvgIpc) is 2.74. The second kappa shape index (κ2) is 7.90. The van der Waals surface area contributed by atoms with Crippen molar-refractivity contribution in [1.82, 2.24) is 15.0 Å². The molecule has 3 N–H and O–H groups in total. The summed E-state index contributed by atoms with van der Waals surface area (Å²) in [6, 6.07) is 11.0. The highest BCUT2D eigenvalue weighted by Gasteiger charge is 2.45. The number of methoxy groups -OCH3 is 1. The number of amides is 1. The van der Waals surface area contributed by atoms with E-state index in [1.165, 1.54) is 13.3 Å². The van der Waals surface area contributed by atoms with Crippen LogP contribution < -0.4 is 11.1 Å². The molecule has 8 heteroatoms. The van der Waals surface area contributed by atoms with Gasteiger partial charge in [-0.3, -0.25) is 4.79 Å². The van der Waals surface area contributed by atoms with Gasteiger partial charge in [-0.1, -0.05) is 30.7 Å². The number of rotatable bonds is 5. The van der Waals surface area contributed by atoms with Crippen LogP contribution in [0.25, 0.3) is 11.1 Å². The van der Waals surface area contributed by atoms with E-state index < -0.39 is 11.4 Å². The summed E-state index contributed by atoms with van der Waals surface area (Å²) in [4.78, 5) is 36.8. The summed E-state index contributed by atoms with van der Waals surface area (Å²) in [7, 11) is 1.31. The molecule has 3 aromatic rings. The number of carbonyl (C=O) groups excluding carboxylic acids is 2. The summed E-state index contributed by atoms with van der Waals surface area (Å²) < 4.78 is 4.66. The second-order valence-electron chi connectivity index (χ2n) is 7.22. The van der Waals surface area contributed by atoms with Crippen LogP contribution in [0.1, 0.15) is 35.2 Å². The van der Waals surface area contributed by atoms with Crippen LogP contribution >= 0.6 is 0 Å². The van der Waals surface area contributed by atoms with Crippen molar-refractivity contribution in [3.8, 4) is 11.1 Å². The van der Waals surface area contributed by atoms with Gasteiger partial charge in [0, 0.05) is 24.2 Å². The number of ether oxygens (including phenoxy) is 1. The molecule has 0 spiro atoms. The Bertz CT molecular complexity index is 1060. The molecule has 0 aliphatic heterocycles. The lowest BCUT2D eigenvalue weighted by atomic mass is 9.63. The maximum atomic E-state index is 13.1. The van der Waals surface area contributed by atoms with Crippen molar-refractivity contribution in [3.05, 3.63) is 66.1 Å². The zero-order valence-electron chi connectivity index (χ0n) is 16.5. The maximum Gasteiger partial charge on any atom is 0.339 e. The first-order valence-corrected chi connectivity index (χ1v) is 9.56. The molecule has 1 aliphatic carbocycles. The largest absolute Gasteiger partial charge is 0.465 e. The summed E-state index contributed by atoms with van der Waals surface area (Å²) in [5.41, 5.74) is 8.06. The molecule has 0 atom stereocenters. The predicted octanol–water partition coefficient (Wildman–Crippen LogP) is 2.97. The smallest absolute Gasteiger partial charge is 0.339 e. The van der Waals surface area contributed by atoms with E-state index in [0.29, 0.717) is 11.4 Å². The highest BCUT2D eigenvalue weighted by Crippen LogP contribution is 2.45. The Hall–Kier alpha value is -3.81. The standard InChI is InChI=1S/C22H21N5O3/c1-30-19(28)15-5-8-18(24-11-15)27-20(29)22(9-2-10-22)17-6-3-14(4-7-17)16-12-25-21(23)26-13-16/h3-8,11-13H,2,9-10H2,1H3,(H2,23,25,26)(H,24,27,29). The molecule has 2 aromatic heterocycles. The number of nitrogens with zero attached hydrogens (tertiary/aromatic N) is 3. The minimum Gasteiger partial charge on any atom is -0.465 e. The fourth-order valence-electron chi connectivity index (χ4n) is 3.59. The monoisotopic (exact) mass is 403 g/mol. The van der Waals surface area contributed by atoms with Crippen LogP contribution in [0.3, 0.4) is 0 Å². The molecule has 1 saturated carbocycles. The van der Waals surface area contributed by atoms with E-state index in [1.54, 1.807) is 24.5 Å². The van der Waals surface area contributed by atoms with Crippen molar-refractivity contribution in [2.45, 2.75) is 24.7 Å². The maximum absolute atomic E-state index is 13.1. The van der Waals surface area contributed by atoms with Crippen LogP contribution in [-0.4, -0.2) is 33.9 Å². The van der Waals surface area contributed by atoms with Crippen LogP contribution in [0.15, 0.2) is 55.0 Å². The van der Waals surface area contributed by atoms with Gasteiger partial charge < -0.3 is 15.8 Å². The van der Waals surface area contributed by atoms with Gasteiger partial charge in [0.1, 0.15) is 5.82 Å². The third-order valence-corrected chi connectivity index (χ3v) is 5.51. The van der Waals surface area contributed by atoms with E-state index in [4.69, 9.17) is 5.73 Å². The topological polar surface area (TPSA) is 120 Å². The third kappa shape index (κ3) is 3.59. The molecule has 1 aromatic carbocycles. The fourth-order valence-corrected chi connectivity index (χ4v) is 3.59. The summed E-state index contributed by atoms with van der Waals surface area (Å²) in [6.45, 7) is 0. The van der Waals surface area contributed by atoms with Crippen LogP contribution in [0.5, 0.6) is 0 Å². The van der Waals surface area contributed by atoms with Gasteiger partial charge in [0.05, 0.1) is 18.1 Å². The molecule has 1 fully saturated rings. The predicted molar refractivity (Wildman–Crippen MR) is 112 cm³/mol. The van der Waals surface area contributed by atoms with Gasteiger partial charge in [-0.25, -0.2) is 19.7 Å². The molecule has 2 heterocycles. The Morgan fingerprint density at radius 2 is 1.67 bits per heavy atom. The van der Waals surface area contributed by atoms with Gasteiger partial charge in [0.15, 0.2) is 0 Å². The zero-order valence-corrected chi connectivity index (χ0v) is 16.5. The van der Waals surface area contributed by atoms with Crippen molar-refractivity contribution < 1.29 is 14.3 Å². The van der Waals surface area contributed by atoms with Gasteiger partial charge >= 0.3 is 5.97 Å². The lowest BCUT2D eigenvalue weighted by molar-refractivity contribution is -0.124. The van der Waals surface area contributed by atoms with E-state index in [1.807, 2.05) is 24.3 Å². The van der Waals surface area contributed by atoms with Crippen molar-refractivity contribution in [3.63, 3.8) is 0 Å². The lowest BCUT2D eigenvalue weighted by Crippen LogP contribution is -2.46. The van der Waals surface area contributed by atoms with Crippen molar-refractivity contribution in [2.24, 2.45) is 0 Å². The van der Waals surface area contributed by atoms with Gasteiger partial charge in [-0.05, 0) is 36.1 Å². The summed E-state index contributed by atoms with van der Waals surface area (Å²) in [6.07, 6.45) is 7.25. The minimum atomic E-state index is -0.584. The number of nitrogens with one attached hydrogen (secondary N) is 1. The Morgan fingerprint density at radius 3 is 2.20 bits per heavy atom. The van der Waals surface area contributed by atoms with Crippen LogP contribution in [0.2, 0.25) is 0 Å². The number of pyridine rings is 1. The minimum absolute atomic E-state index is 0.101. The van der Waals surface area contributed by atoms with Crippen LogP contribution in [0, 0.1) is 0 Å². The highest BCUT2D eigenvalue weighted by atomic mass is 16.5. The molecular formula is C22H21N5O3. The second-order valence-corrected chi connectivity index (χ2v) is 7.22. The average molecular weight is 403 g/mol. The number of aromatic nitrogens is 3. The Balaban J connectivity index is 1.52. The fraction of sp³-hybridized carbons (Fsp3) is 0.227. The molecule has 0 unspecified atom stereocenters. The number of nitrogens with two attached hydrogens (primary N) is 1. The first-order valence-electron chi connectivity index (χ1n) is 9.56. The number of esters is 1. The van der Waals surface area contributed by atoms with Crippen LogP contribution in [-0.2, 0) is 14.9 Å². The molecule has 0 saturated heterocycles. The number of carbonyl (C=O) groups is 2. The highest BCUT2D eigenvalue weighted by molar-refractivity contribution is 5.99. The number of hydrogen-bond donors (Lipinski definition) is 2. The Labute approximate surface area is 173 Å². The molecule has 0 bridgehead atoms. The molecule has 30 heavy (non-hydrogen) atoms. The van der Waals surface area contributed by atoms with Crippen LogP contribution in [0.4, 0.5) is 11.8 Å². The van der Waals surface area contributed by atoms with E-state index in [9.17, 15) is 9.59 Å². The number of nitrogen functional groups attached to an aromatic ring is 1. The summed E-state index contributed by atoms with van der Waals surface area (Å²) in [5.74, 6) is 0.0568. The van der Waals surface area contributed by atoms with Gasteiger partial charge in [-0.15, -0.1) is 0 Å². The third-order valence-electron chi connectivity index (χ3n) is 5.51. The quantitative estimate of drug-likeness (QED) is 0.628. The van der Waals surface area contributed by atoms with Gasteiger partial charge in [0.25, 0.3) is 0 Å². The molecule has 1 amide bonds. The van der Waals surface area contributed by atoms with Crippen molar-refractivity contribution >= 4 is 23.6 Å². The summed E-state index contributed by atoms with van der Waals surface area (Å²) in [5, 5.41) is 2.88. The van der Waals surface area contributed by atoms with E-state index >= 15 is 0 Å². The first kappa shape index (κ1) is 19.5. The zero-order chi connectivity index (χ0) is 21.1. The molecular weight excluding hydrogens is 382 g/mol. The number of anilines is 2. The number of hydrogen-bond acceptors (Lipinski definition) is 7. The number of benzene rings is 1. The van der Waals surface area contributed by atoms with Gasteiger partial charge in [0.2, 0.25) is 11.9 Å². The molecule has 4 rings (SSSR count). The molecule has 152 valence electrons. The molecule has 1 aliphatic rings. The Morgan fingerprint density at radius 1 is 0.967 bits per heavy atom. The molecule has 0 radical (unpaired) electrons. The summed E-state index contributed by atoms with van der Waals surface area (Å²) >= 11 is 0. The van der Waals surface area contributed by atoms with E-state index in [-0.39, 0.29) is 11.9 Å². The SMILES string of the molecule is COC(=O)c1ccc(NC(=O)C2(c3ccc(-c4cnc(N)nc4)cc3)CCC2)nc1. The van der Waals surface area contributed by atoms with E-state index in [0.717, 1.165) is 36.0 Å². The molecule has 8 nitrogen and oxygen atoms in total. The van der Waals surface area contributed by atoms with Crippen molar-refractivity contribution in [2.75, 3.05) is 18.2 Å². The normalized spacial score (nSPS) is 14.4. The van der Waals surface area contributed by atoms with Gasteiger partial charge in [-0.2, -0.15) is 0 Å². The van der Waals surface area contributed by atoms with Crippen molar-refractivity contribution in [1.29, 1.82) is 0 Å². The first-order chi connectivity index (χ1) is 14.5.